The van der Waals surface area contributed by atoms with Gasteiger partial charge in [0, 0.05) is 5.56 Å². The van der Waals surface area contributed by atoms with E-state index in [1.165, 1.54) is 0 Å². The highest BCUT2D eigenvalue weighted by molar-refractivity contribution is 7.92. The largest absolute Gasteiger partial charge is 0.293 e. The van der Waals surface area contributed by atoms with Gasteiger partial charge >= 0.3 is 0 Å². The Morgan fingerprint density at radius 1 is 1.30 bits per heavy atom. The third-order valence-corrected chi connectivity index (χ3v) is 5.90. The van der Waals surface area contributed by atoms with Gasteiger partial charge in [0.15, 0.2) is 15.6 Å². The molecule has 0 radical (unpaired) electrons. The smallest absolute Gasteiger partial charge is 0.180 e. The van der Waals surface area contributed by atoms with Crippen LogP contribution in [-0.4, -0.2) is 25.2 Å². The molecule has 1 unspecified atom stereocenters. The molecule has 1 aromatic carbocycles. The summed E-state index contributed by atoms with van der Waals surface area (Å²) in [6.45, 7) is 4.25. The van der Waals surface area contributed by atoms with Crippen LogP contribution >= 0.6 is 0 Å². The maximum atomic E-state index is 12.5. The van der Waals surface area contributed by atoms with Crippen LogP contribution in [0.3, 0.4) is 0 Å². The minimum atomic E-state index is -3.26. The van der Waals surface area contributed by atoms with E-state index < -0.39 is 15.1 Å². The Bertz CT molecular complexity index is 587. The number of carbonyl (C=O) groups is 1. The highest BCUT2D eigenvalue weighted by atomic mass is 32.2. The molecule has 20 heavy (non-hydrogen) atoms. The Morgan fingerprint density at radius 2 is 2.05 bits per heavy atom. The summed E-state index contributed by atoms with van der Waals surface area (Å²) in [5.74, 6) is 0.434. The second kappa shape index (κ2) is 6.08. The highest BCUT2D eigenvalue weighted by Gasteiger charge is 2.35. The van der Waals surface area contributed by atoms with Crippen molar-refractivity contribution in [2.24, 2.45) is 5.92 Å². The lowest BCUT2D eigenvalue weighted by atomic mass is 9.97. The zero-order chi connectivity index (χ0) is 14.8. The van der Waals surface area contributed by atoms with Crippen LogP contribution in [-0.2, 0) is 16.3 Å². The van der Waals surface area contributed by atoms with Crippen molar-refractivity contribution in [2.75, 3.05) is 5.75 Å². The van der Waals surface area contributed by atoms with Gasteiger partial charge in [0.05, 0.1) is 5.75 Å². The van der Waals surface area contributed by atoms with Gasteiger partial charge in [0.2, 0.25) is 0 Å². The SMILES string of the molecule is CC(C)Cc1cccc(C(=O)C2CCCCS2(=O)=O)c1. The average molecular weight is 294 g/mol. The Balaban J connectivity index is 2.24. The van der Waals surface area contributed by atoms with Gasteiger partial charge in [-0.15, -0.1) is 0 Å². The molecule has 0 aromatic heterocycles. The maximum absolute atomic E-state index is 12.5. The minimum absolute atomic E-state index is 0.148. The van der Waals surface area contributed by atoms with Gasteiger partial charge in [0.25, 0.3) is 0 Å². The summed E-state index contributed by atoms with van der Waals surface area (Å²) in [4.78, 5) is 12.5. The number of rotatable bonds is 4. The Hall–Kier alpha value is -1.16. The third kappa shape index (κ3) is 3.48. The molecule has 110 valence electrons. The minimum Gasteiger partial charge on any atom is -0.293 e. The van der Waals surface area contributed by atoms with Gasteiger partial charge in [-0.05, 0) is 36.8 Å². The van der Waals surface area contributed by atoms with Crippen LogP contribution in [0, 0.1) is 5.92 Å². The van der Waals surface area contributed by atoms with E-state index >= 15 is 0 Å². The fourth-order valence-electron chi connectivity index (χ4n) is 2.76. The molecule has 1 heterocycles. The molecule has 0 spiro atoms. The molecular weight excluding hydrogens is 272 g/mol. The molecule has 0 bridgehead atoms. The monoisotopic (exact) mass is 294 g/mol. The predicted octanol–water partition coefficient (Wildman–Crippen LogP) is 3.04. The summed E-state index contributed by atoms with van der Waals surface area (Å²) in [6, 6.07) is 7.43. The average Bonchev–Trinajstić information content (AvgIpc) is 2.37. The van der Waals surface area contributed by atoms with Crippen LogP contribution in [0.2, 0.25) is 0 Å². The molecule has 1 fully saturated rings. The Labute approximate surface area is 121 Å². The van der Waals surface area contributed by atoms with Gasteiger partial charge in [-0.25, -0.2) is 8.42 Å². The van der Waals surface area contributed by atoms with Crippen molar-refractivity contribution in [1.82, 2.24) is 0 Å². The van der Waals surface area contributed by atoms with Gasteiger partial charge in [-0.2, -0.15) is 0 Å². The standard InChI is InChI=1S/C16H22O3S/c1-12(2)10-13-6-5-7-14(11-13)16(17)15-8-3-4-9-20(15,18)19/h5-7,11-12,15H,3-4,8-10H2,1-2H3. The molecule has 0 saturated carbocycles. The zero-order valence-electron chi connectivity index (χ0n) is 12.1. The predicted molar refractivity (Wildman–Crippen MR) is 80.7 cm³/mol. The summed E-state index contributed by atoms with van der Waals surface area (Å²) in [5.41, 5.74) is 1.64. The molecule has 0 amide bonds. The van der Waals surface area contributed by atoms with Crippen molar-refractivity contribution in [3.8, 4) is 0 Å². The summed E-state index contributed by atoms with van der Waals surface area (Å²) < 4.78 is 24.1. The summed E-state index contributed by atoms with van der Waals surface area (Å²) in [6.07, 6.45) is 2.87. The lowest BCUT2D eigenvalue weighted by Gasteiger charge is -2.21. The maximum Gasteiger partial charge on any atom is 0.180 e. The molecule has 1 aliphatic heterocycles. The number of sulfone groups is 1. The van der Waals surface area contributed by atoms with Crippen molar-refractivity contribution >= 4 is 15.6 Å². The van der Waals surface area contributed by atoms with E-state index in [1.807, 2.05) is 18.2 Å². The van der Waals surface area contributed by atoms with E-state index in [1.54, 1.807) is 6.07 Å². The molecule has 0 aliphatic carbocycles. The van der Waals surface area contributed by atoms with Crippen LogP contribution in [0.4, 0.5) is 0 Å². The number of hydrogen-bond donors (Lipinski definition) is 0. The van der Waals surface area contributed by atoms with E-state index in [-0.39, 0.29) is 11.5 Å². The molecule has 3 nitrogen and oxygen atoms in total. The molecule has 4 heteroatoms. The third-order valence-electron chi connectivity index (χ3n) is 3.73. The van der Waals surface area contributed by atoms with E-state index in [4.69, 9.17) is 0 Å². The number of ketones is 1. The van der Waals surface area contributed by atoms with Gasteiger partial charge in [0.1, 0.15) is 5.25 Å². The van der Waals surface area contributed by atoms with E-state index in [2.05, 4.69) is 13.8 Å². The molecular formula is C16H22O3S. The van der Waals surface area contributed by atoms with Crippen molar-refractivity contribution in [2.45, 2.75) is 44.8 Å². The van der Waals surface area contributed by atoms with Gasteiger partial charge in [-0.1, -0.05) is 38.5 Å². The van der Waals surface area contributed by atoms with Crippen LogP contribution in [0.15, 0.2) is 24.3 Å². The first kappa shape index (κ1) is 15.2. The molecule has 1 aromatic rings. The van der Waals surface area contributed by atoms with Crippen LogP contribution in [0.5, 0.6) is 0 Å². The molecule has 2 rings (SSSR count). The first-order valence-electron chi connectivity index (χ1n) is 7.25. The second-order valence-corrected chi connectivity index (χ2v) is 8.32. The summed E-state index contributed by atoms with van der Waals surface area (Å²) in [5, 5.41) is -0.828. The second-order valence-electron chi connectivity index (χ2n) is 6.01. The first-order valence-corrected chi connectivity index (χ1v) is 8.96. The highest BCUT2D eigenvalue weighted by Crippen LogP contribution is 2.23. The first-order chi connectivity index (χ1) is 9.40. The van der Waals surface area contributed by atoms with Crippen molar-refractivity contribution in [3.05, 3.63) is 35.4 Å². The van der Waals surface area contributed by atoms with E-state index in [0.717, 1.165) is 18.4 Å². The van der Waals surface area contributed by atoms with E-state index in [9.17, 15) is 13.2 Å². The lowest BCUT2D eigenvalue weighted by Crippen LogP contribution is -2.35. The Morgan fingerprint density at radius 3 is 2.70 bits per heavy atom. The van der Waals surface area contributed by atoms with E-state index in [0.29, 0.717) is 24.3 Å². The lowest BCUT2D eigenvalue weighted by molar-refractivity contribution is 0.0981. The number of benzene rings is 1. The zero-order valence-corrected chi connectivity index (χ0v) is 12.9. The fourth-order valence-corrected chi connectivity index (χ4v) is 4.64. The molecule has 1 saturated heterocycles. The molecule has 0 N–H and O–H groups in total. The number of hydrogen-bond acceptors (Lipinski definition) is 3. The number of carbonyl (C=O) groups excluding carboxylic acids is 1. The van der Waals surface area contributed by atoms with Crippen molar-refractivity contribution < 1.29 is 13.2 Å². The quantitative estimate of drug-likeness (QED) is 0.802. The van der Waals surface area contributed by atoms with Crippen LogP contribution in [0.25, 0.3) is 0 Å². The van der Waals surface area contributed by atoms with Crippen LogP contribution < -0.4 is 0 Å². The van der Waals surface area contributed by atoms with Crippen molar-refractivity contribution in [1.29, 1.82) is 0 Å². The normalized spacial score (nSPS) is 21.9. The summed E-state index contributed by atoms with van der Waals surface area (Å²) >= 11 is 0. The van der Waals surface area contributed by atoms with Crippen molar-refractivity contribution in [3.63, 3.8) is 0 Å². The Kier molecular flexibility index (Phi) is 4.63. The summed E-state index contributed by atoms with van der Waals surface area (Å²) in [7, 11) is -3.26. The fraction of sp³-hybridized carbons (Fsp3) is 0.562. The van der Waals surface area contributed by atoms with Gasteiger partial charge in [-0.3, -0.25) is 4.79 Å². The number of Topliss-reactive ketones (excluding diaryl/α,β-unsaturated/α-hetero) is 1. The van der Waals surface area contributed by atoms with Gasteiger partial charge < -0.3 is 0 Å². The molecule has 1 atom stereocenters. The topological polar surface area (TPSA) is 51.2 Å². The molecule has 1 aliphatic rings. The van der Waals surface area contributed by atoms with Crippen LogP contribution in [0.1, 0.15) is 49.0 Å².